The summed E-state index contributed by atoms with van der Waals surface area (Å²) in [7, 11) is 1.91. The van der Waals surface area contributed by atoms with Gasteiger partial charge in [-0.1, -0.05) is 35.3 Å². The zero-order chi connectivity index (χ0) is 13.3. The third-order valence-corrected chi connectivity index (χ3v) is 6.68. The highest BCUT2D eigenvalue weighted by Crippen LogP contribution is 2.40. The largest absolute Gasteiger partial charge is 0.309 e. The Bertz CT molecular complexity index is 552. The van der Waals surface area contributed by atoms with Gasteiger partial charge in [0, 0.05) is 9.35 Å². The van der Waals surface area contributed by atoms with Crippen molar-refractivity contribution in [1.82, 2.24) is 5.32 Å². The van der Waals surface area contributed by atoms with Crippen molar-refractivity contribution < 1.29 is 0 Å². The lowest BCUT2D eigenvalue weighted by Gasteiger charge is -2.17. The zero-order valence-electron chi connectivity index (χ0n) is 9.31. The first-order chi connectivity index (χ1) is 8.54. The Balaban J connectivity index is 2.48. The molecular weight excluding hydrogens is 421 g/mol. The summed E-state index contributed by atoms with van der Waals surface area (Å²) in [4.78, 5) is 1.17. The van der Waals surface area contributed by atoms with Gasteiger partial charge in [-0.2, -0.15) is 0 Å². The Hall–Kier alpha value is 0.420. The van der Waals surface area contributed by atoms with E-state index in [1.54, 1.807) is 17.4 Å². The van der Waals surface area contributed by atoms with E-state index in [9.17, 15) is 0 Å². The van der Waals surface area contributed by atoms with Crippen molar-refractivity contribution in [3.63, 3.8) is 0 Å². The van der Waals surface area contributed by atoms with Crippen molar-refractivity contribution in [1.29, 1.82) is 0 Å². The fourth-order valence-electron chi connectivity index (χ4n) is 1.70. The van der Waals surface area contributed by atoms with E-state index in [-0.39, 0.29) is 6.04 Å². The Morgan fingerprint density at radius 1 is 1.28 bits per heavy atom. The summed E-state index contributed by atoms with van der Waals surface area (Å²) in [6.07, 6.45) is 0. The van der Waals surface area contributed by atoms with Gasteiger partial charge in [0.05, 0.1) is 19.9 Å². The Morgan fingerprint density at radius 2 is 2.00 bits per heavy atom. The highest BCUT2D eigenvalue weighted by molar-refractivity contribution is 9.13. The highest BCUT2D eigenvalue weighted by atomic mass is 79.9. The lowest BCUT2D eigenvalue weighted by atomic mass is 10.1. The molecule has 96 valence electrons. The topological polar surface area (TPSA) is 12.0 Å². The van der Waals surface area contributed by atoms with Crippen LogP contribution in [-0.4, -0.2) is 7.05 Å². The van der Waals surface area contributed by atoms with Crippen LogP contribution in [0.2, 0.25) is 10.0 Å². The van der Waals surface area contributed by atoms with E-state index in [0.717, 1.165) is 13.8 Å². The standard InChI is InChI=1S/C12H9Br2Cl2NS/c1-17-11(9-5-7(13)12(14)18-9)6-3-2-4-8(15)10(6)16/h2-5,11,17H,1H3. The molecule has 0 saturated heterocycles. The maximum Gasteiger partial charge on any atom is 0.0843 e. The highest BCUT2D eigenvalue weighted by Gasteiger charge is 2.19. The molecule has 1 nitrogen and oxygen atoms in total. The maximum atomic E-state index is 6.27. The Labute approximate surface area is 137 Å². The van der Waals surface area contributed by atoms with Crippen LogP contribution < -0.4 is 5.32 Å². The molecule has 0 spiro atoms. The number of rotatable bonds is 3. The van der Waals surface area contributed by atoms with Gasteiger partial charge in [0.25, 0.3) is 0 Å². The molecule has 0 amide bonds. The molecule has 1 unspecified atom stereocenters. The molecule has 1 heterocycles. The lowest BCUT2D eigenvalue weighted by Crippen LogP contribution is -2.16. The van der Waals surface area contributed by atoms with Crippen LogP contribution in [0.25, 0.3) is 0 Å². The van der Waals surface area contributed by atoms with Gasteiger partial charge in [-0.15, -0.1) is 11.3 Å². The molecule has 0 aliphatic heterocycles. The number of thiophene rings is 1. The second kappa shape index (κ2) is 6.25. The zero-order valence-corrected chi connectivity index (χ0v) is 14.8. The van der Waals surface area contributed by atoms with Gasteiger partial charge >= 0.3 is 0 Å². The molecule has 1 N–H and O–H groups in total. The molecule has 1 aromatic carbocycles. The smallest absolute Gasteiger partial charge is 0.0843 e. The predicted octanol–water partition coefficient (Wildman–Crippen LogP) is 5.89. The molecule has 18 heavy (non-hydrogen) atoms. The minimum Gasteiger partial charge on any atom is -0.309 e. The molecule has 0 bridgehead atoms. The average molecular weight is 430 g/mol. The normalized spacial score (nSPS) is 12.7. The first kappa shape index (κ1) is 14.8. The maximum absolute atomic E-state index is 6.27. The van der Waals surface area contributed by atoms with Crippen molar-refractivity contribution in [2.45, 2.75) is 6.04 Å². The lowest BCUT2D eigenvalue weighted by molar-refractivity contribution is 0.704. The van der Waals surface area contributed by atoms with Crippen LogP contribution in [-0.2, 0) is 0 Å². The molecule has 0 radical (unpaired) electrons. The number of benzene rings is 1. The van der Waals surface area contributed by atoms with Crippen LogP contribution in [0.5, 0.6) is 0 Å². The summed E-state index contributed by atoms with van der Waals surface area (Å²) in [6, 6.07) is 7.79. The predicted molar refractivity (Wildman–Crippen MR) is 87.1 cm³/mol. The monoisotopic (exact) mass is 427 g/mol. The van der Waals surface area contributed by atoms with Crippen LogP contribution in [0.3, 0.4) is 0 Å². The van der Waals surface area contributed by atoms with Gasteiger partial charge in [0.15, 0.2) is 0 Å². The van der Waals surface area contributed by atoms with Gasteiger partial charge < -0.3 is 5.32 Å². The number of hydrogen-bond donors (Lipinski definition) is 1. The first-order valence-corrected chi connectivity index (χ1v) is 8.26. The van der Waals surface area contributed by atoms with Crippen LogP contribution >= 0.6 is 66.4 Å². The molecule has 1 aromatic heterocycles. The average Bonchev–Trinajstić information content (AvgIpc) is 2.66. The third kappa shape index (κ3) is 2.94. The molecule has 0 aliphatic rings. The van der Waals surface area contributed by atoms with Crippen molar-refractivity contribution in [3.05, 3.63) is 53.0 Å². The van der Waals surface area contributed by atoms with Crippen LogP contribution in [0.15, 0.2) is 32.5 Å². The van der Waals surface area contributed by atoms with Gasteiger partial charge in [-0.3, -0.25) is 0 Å². The summed E-state index contributed by atoms with van der Waals surface area (Å²) in [6.45, 7) is 0. The van der Waals surface area contributed by atoms with Crippen molar-refractivity contribution >= 4 is 66.4 Å². The summed E-state index contributed by atoms with van der Waals surface area (Å²) in [5.41, 5.74) is 0.980. The number of nitrogens with one attached hydrogen (secondary N) is 1. The number of halogens is 4. The van der Waals surface area contributed by atoms with E-state index in [1.807, 2.05) is 19.2 Å². The van der Waals surface area contributed by atoms with E-state index >= 15 is 0 Å². The number of hydrogen-bond acceptors (Lipinski definition) is 2. The van der Waals surface area contributed by atoms with Gasteiger partial charge in [-0.05, 0) is 56.6 Å². The van der Waals surface area contributed by atoms with Crippen LogP contribution in [0.4, 0.5) is 0 Å². The first-order valence-electron chi connectivity index (χ1n) is 5.10. The summed E-state index contributed by atoms with van der Waals surface area (Å²) < 4.78 is 2.11. The minimum atomic E-state index is 0.0313. The summed E-state index contributed by atoms with van der Waals surface area (Å²) in [5, 5.41) is 4.44. The van der Waals surface area contributed by atoms with E-state index in [0.29, 0.717) is 10.0 Å². The molecule has 0 saturated carbocycles. The Morgan fingerprint density at radius 3 is 2.56 bits per heavy atom. The van der Waals surface area contributed by atoms with E-state index in [1.165, 1.54) is 4.88 Å². The fourth-order valence-corrected chi connectivity index (χ4v) is 4.34. The molecule has 2 aromatic rings. The third-order valence-electron chi connectivity index (χ3n) is 2.53. The van der Waals surface area contributed by atoms with Crippen LogP contribution in [0, 0.1) is 0 Å². The van der Waals surface area contributed by atoms with Crippen LogP contribution in [0.1, 0.15) is 16.5 Å². The second-order valence-electron chi connectivity index (χ2n) is 3.64. The molecule has 0 fully saturated rings. The van der Waals surface area contributed by atoms with E-state index in [2.05, 4.69) is 43.2 Å². The second-order valence-corrected chi connectivity index (χ2v) is 7.68. The van der Waals surface area contributed by atoms with Crippen molar-refractivity contribution in [2.75, 3.05) is 7.05 Å². The minimum absolute atomic E-state index is 0.0313. The summed E-state index contributed by atoms with van der Waals surface area (Å²) >= 11 is 21.0. The SMILES string of the molecule is CNC(c1cc(Br)c(Br)s1)c1cccc(Cl)c1Cl. The van der Waals surface area contributed by atoms with Crippen molar-refractivity contribution in [2.24, 2.45) is 0 Å². The van der Waals surface area contributed by atoms with Gasteiger partial charge in [0.1, 0.15) is 0 Å². The van der Waals surface area contributed by atoms with Crippen molar-refractivity contribution in [3.8, 4) is 0 Å². The quantitative estimate of drug-likeness (QED) is 0.641. The van der Waals surface area contributed by atoms with Gasteiger partial charge in [0.2, 0.25) is 0 Å². The van der Waals surface area contributed by atoms with E-state index < -0.39 is 0 Å². The fraction of sp³-hybridized carbons (Fsp3) is 0.167. The van der Waals surface area contributed by atoms with Gasteiger partial charge in [-0.25, -0.2) is 0 Å². The molecule has 0 aliphatic carbocycles. The molecule has 6 heteroatoms. The van der Waals surface area contributed by atoms with E-state index in [4.69, 9.17) is 23.2 Å². The molecule has 2 rings (SSSR count). The summed E-state index contributed by atoms with van der Waals surface area (Å²) in [5.74, 6) is 0. The Kier molecular flexibility index (Phi) is 5.14. The molecule has 1 atom stereocenters. The molecular formula is C12H9Br2Cl2NS.